The molecule has 0 fully saturated rings. The fraction of sp³-hybridized carbons (Fsp3) is 0.444. The molecule has 1 heterocycles. The lowest BCUT2D eigenvalue weighted by Crippen LogP contribution is -2.22. The number of aliphatic hydroxyl groups excluding tert-OH is 2. The van der Waals surface area contributed by atoms with Gasteiger partial charge in [-0.25, -0.2) is 4.98 Å². The fourth-order valence-electron chi connectivity index (χ4n) is 1.15. The van der Waals surface area contributed by atoms with E-state index in [1.165, 1.54) is 12.1 Å². The second-order valence-electron chi connectivity index (χ2n) is 3.21. The van der Waals surface area contributed by atoms with Crippen molar-refractivity contribution < 1.29 is 10.2 Å². The van der Waals surface area contributed by atoms with Gasteiger partial charge in [-0.2, -0.15) is 0 Å². The van der Waals surface area contributed by atoms with Crippen LogP contribution in [0.25, 0.3) is 0 Å². The van der Waals surface area contributed by atoms with E-state index in [-0.39, 0.29) is 10.8 Å². The maximum atomic E-state index is 9.67. The highest BCUT2D eigenvalue weighted by atomic mass is 35.5. The van der Waals surface area contributed by atoms with Gasteiger partial charge in [0.1, 0.15) is 6.10 Å². The first kappa shape index (κ1) is 12.2. The Bertz CT molecular complexity index is 335. The Balaban J connectivity index is 2.81. The number of aliphatic hydroxyl groups is 2. The maximum Gasteiger partial charge on any atom is 0.152 e. The van der Waals surface area contributed by atoms with E-state index in [1.807, 2.05) is 0 Å². The maximum absolute atomic E-state index is 9.67. The lowest BCUT2D eigenvalue weighted by Gasteiger charge is -2.16. The predicted octanol–water partition coefficient (Wildman–Crippen LogP) is 0.0603. The van der Waals surface area contributed by atoms with Crippen molar-refractivity contribution in [3.05, 3.63) is 23.0 Å². The Morgan fingerprint density at radius 2 is 2.07 bits per heavy atom. The molecule has 0 saturated carbocycles. The molecule has 0 spiro atoms. The smallest absolute Gasteiger partial charge is 0.152 e. The molecule has 2 unspecified atom stereocenters. The van der Waals surface area contributed by atoms with E-state index in [2.05, 4.69) is 4.98 Å². The minimum absolute atomic E-state index is 0.117. The summed E-state index contributed by atoms with van der Waals surface area (Å²) in [7, 11) is 0. The van der Waals surface area contributed by atoms with E-state index in [9.17, 15) is 10.2 Å². The number of aromatic nitrogens is 1. The van der Waals surface area contributed by atoms with Gasteiger partial charge in [-0.15, -0.1) is 0 Å². The molecule has 0 aliphatic rings. The van der Waals surface area contributed by atoms with Crippen LogP contribution in [-0.2, 0) is 0 Å². The molecule has 1 rings (SSSR count). The molecule has 2 atom stereocenters. The monoisotopic (exact) mass is 231 g/mol. The SMILES string of the molecule is NCCC(O)C(O)c1ccc(N)c(Cl)n1. The highest BCUT2D eigenvalue weighted by Crippen LogP contribution is 2.22. The van der Waals surface area contributed by atoms with E-state index in [0.717, 1.165) is 0 Å². The van der Waals surface area contributed by atoms with Crippen LogP contribution in [0.5, 0.6) is 0 Å². The highest BCUT2D eigenvalue weighted by molar-refractivity contribution is 6.31. The zero-order valence-electron chi connectivity index (χ0n) is 8.10. The van der Waals surface area contributed by atoms with Crippen molar-refractivity contribution in [3.63, 3.8) is 0 Å². The average molecular weight is 232 g/mol. The topological polar surface area (TPSA) is 105 Å². The largest absolute Gasteiger partial charge is 0.396 e. The standard InChI is InChI=1S/C9H14ClN3O2/c10-9-5(12)1-2-6(13-9)8(15)7(14)3-4-11/h1-2,7-8,14-15H,3-4,11-12H2. The normalized spacial score (nSPS) is 14.9. The lowest BCUT2D eigenvalue weighted by atomic mass is 10.1. The van der Waals surface area contributed by atoms with Crippen molar-refractivity contribution in [3.8, 4) is 0 Å². The number of nitrogens with two attached hydrogens (primary N) is 2. The summed E-state index contributed by atoms with van der Waals surface area (Å²) in [6.45, 7) is 0.293. The van der Waals surface area contributed by atoms with Gasteiger partial charge in [-0.1, -0.05) is 11.6 Å². The summed E-state index contributed by atoms with van der Waals surface area (Å²) in [6, 6.07) is 3.05. The number of nitrogens with zero attached hydrogens (tertiary/aromatic N) is 1. The average Bonchev–Trinajstić information content (AvgIpc) is 2.21. The first-order valence-electron chi connectivity index (χ1n) is 4.54. The lowest BCUT2D eigenvalue weighted by molar-refractivity contribution is 0.0125. The summed E-state index contributed by atoms with van der Waals surface area (Å²) >= 11 is 5.69. The molecule has 0 radical (unpaired) electrons. The number of nitrogen functional groups attached to an aromatic ring is 1. The molecule has 6 heteroatoms. The molecular formula is C9H14ClN3O2. The van der Waals surface area contributed by atoms with E-state index < -0.39 is 12.2 Å². The van der Waals surface area contributed by atoms with Crippen LogP contribution >= 0.6 is 11.6 Å². The van der Waals surface area contributed by atoms with Gasteiger partial charge in [0.2, 0.25) is 0 Å². The van der Waals surface area contributed by atoms with Gasteiger partial charge in [0.25, 0.3) is 0 Å². The summed E-state index contributed by atoms with van der Waals surface area (Å²) in [5.74, 6) is 0. The summed E-state index contributed by atoms with van der Waals surface area (Å²) in [6.07, 6.45) is -1.74. The van der Waals surface area contributed by atoms with Gasteiger partial charge in [0.15, 0.2) is 5.15 Å². The first-order chi connectivity index (χ1) is 7.06. The van der Waals surface area contributed by atoms with Crippen LogP contribution in [0.4, 0.5) is 5.69 Å². The van der Waals surface area contributed by atoms with Crippen molar-refractivity contribution in [1.82, 2.24) is 4.98 Å². The number of pyridine rings is 1. The number of hydrogen-bond donors (Lipinski definition) is 4. The molecule has 0 bridgehead atoms. The van der Waals surface area contributed by atoms with Crippen LogP contribution in [0, 0.1) is 0 Å². The molecule has 0 aromatic carbocycles. The molecule has 6 N–H and O–H groups in total. The van der Waals surface area contributed by atoms with E-state index in [4.69, 9.17) is 23.1 Å². The molecule has 0 amide bonds. The van der Waals surface area contributed by atoms with Crippen LogP contribution in [0.1, 0.15) is 18.2 Å². The molecule has 15 heavy (non-hydrogen) atoms. The van der Waals surface area contributed by atoms with Crippen LogP contribution < -0.4 is 11.5 Å². The summed E-state index contributed by atoms with van der Waals surface area (Å²) < 4.78 is 0. The Kier molecular flexibility index (Phi) is 4.28. The molecule has 0 saturated heterocycles. The number of halogens is 1. The van der Waals surface area contributed by atoms with Gasteiger partial charge < -0.3 is 21.7 Å². The molecule has 1 aromatic heterocycles. The Hall–Kier alpha value is -0.880. The van der Waals surface area contributed by atoms with Crippen LogP contribution in [0.15, 0.2) is 12.1 Å². The Labute approximate surface area is 92.7 Å². The molecule has 84 valence electrons. The van der Waals surface area contributed by atoms with Crippen molar-refractivity contribution in [2.24, 2.45) is 5.73 Å². The van der Waals surface area contributed by atoms with Gasteiger partial charge in [-0.3, -0.25) is 0 Å². The third-order valence-corrected chi connectivity index (χ3v) is 2.33. The van der Waals surface area contributed by atoms with Crippen LogP contribution in [0.3, 0.4) is 0 Å². The zero-order valence-corrected chi connectivity index (χ0v) is 8.85. The van der Waals surface area contributed by atoms with Gasteiger partial charge >= 0.3 is 0 Å². The second-order valence-corrected chi connectivity index (χ2v) is 3.56. The third-order valence-electron chi connectivity index (χ3n) is 2.03. The summed E-state index contributed by atoms with van der Waals surface area (Å²) in [4.78, 5) is 3.87. The van der Waals surface area contributed by atoms with Crippen molar-refractivity contribution >= 4 is 17.3 Å². The van der Waals surface area contributed by atoms with E-state index >= 15 is 0 Å². The third kappa shape index (κ3) is 3.04. The fourth-order valence-corrected chi connectivity index (χ4v) is 1.31. The van der Waals surface area contributed by atoms with Gasteiger partial charge in [-0.05, 0) is 25.1 Å². The quantitative estimate of drug-likeness (QED) is 0.549. The molecule has 5 nitrogen and oxygen atoms in total. The molecule has 0 aliphatic carbocycles. The van der Waals surface area contributed by atoms with E-state index in [1.54, 1.807) is 0 Å². The predicted molar refractivity (Wildman–Crippen MR) is 58.3 cm³/mol. The number of rotatable bonds is 4. The zero-order chi connectivity index (χ0) is 11.4. The number of hydrogen-bond acceptors (Lipinski definition) is 5. The molecule has 0 aliphatic heterocycles. The van der Waals surface area contributed by atoms with Gasteiger partial charge in [0, 0.05) is 0 Å². The minimum Gasteiger partial charge on any atom is -0.396 e. The Morgan fingerprint density at radius 1 is 1.40 bits per heavy atom. The minimum atomic E-state index is -1.09. The van der Waals surface area contributed by atoms with Crippen molar-refractivity contribution in [2.75, 3.05) is 12.3 Å². The first-order valence-corrected chi connectivity index (χ1v) is 4.92. The second kappa shape index (κ2) is 5.27. The van der Waals surface area contributed by atoms with Crippen LogP contribution in [-0.4, -0.2) is 27.8 Å². The summed E-state index contributed by atoms with van der Waals surface area (Å²) in [5, 5.41) is 19.3. The van der Waals surface area contributed by atoms with Crippen molar-refractivity contribution in [2.45, 2.75) is 18.6 Å². The van der Waals surface area contributed by atoms with Crippen LogP contribution in [0.2, 0.25) is 5.15 Å². The number of anilines is 1. The Morgan fingerprint density at radius 3 is 2.60 bits per heavy atom. The summed E-state index contributed by atoms with van der Waals surface area (Å²) in [5.41, 5.74) is 11.3. The molecule has 1 aromatic rings. The van der Waals surface area contributed by atoms with Crippen molar-refractivity contribution in [1.29, 1.82) is 0 Å². The van der Waals surface area contributed by atoms with E-state index in [0.29, 0.717) is 18.7 Å². The van der Waals surface area contributed by atoms with Gasteiger partial charge in [0.05, 0.1) is 17.5 Å². The highest BCUT2D eigenvalue weighted by Gasteiger charge is 2.19. The molecular weight excluding hydrogens is 218 g/mol.